The van der Waals surface area contributed by atoms with Crippen LogP contribution in [0, 0.1) is 6.92 Å². The minimum Gasteiger partial charge on any atom is -0.481 e. The molecule has 0 saturated carbocycles. The van der Waals surface area contributed by atoms with Crippen molar-refractivity contribution in [2.24, 2.45) is 0 Å². The number of thioether (sulfide) groups is 1. The number of carbonyl (C=O) groups excluding carboxylic acids is 2. The van der Waals surface area contributed by atoms with Gasteiger partial charge in [0.15, 0.2) is 5.13 Å². The summed E-state index contributed by atoms with van der Waals surface area (Å²) >= 11 is 7.52. The third kappa shape index (κ3) is 5.03. The van der Waals surface area contributed by atoms with Gasteiger partial charge in [0.05, 0.1) is 17.0 Å². The number of nitrogens with zero attached hydrogens (tertiary/aromatic N) is 2. The van der Waals surface area contributed by atoms with Crippen molar-refractivity contribution in [1.82, 2.24) is 9.88 Å². The van der Waals surface area contributed by atoms with Gasteiger partial charge in [-0.05, 0) is 18.6 Å². The second-order valence-corrected chi connectivity index (χ2v) is 8.48. The Labute approximate surface area is 174 Å². The fourth-order valence-corrected chi connectivity index (χ4v) is 4.43. The molecule has 7 nitrogen and oxygen atoms in total. The normalized spacial score (nSPS) is 15.3. The zero-order valence-electron chi connectivity index (χ0n) is 14.7. The summed E-state index contributed by atoms with van der Waals surface area (Å²) in [5, 5.41) is 13.2. The molecule has 10 heteroatoms. The van der Waals surface area contributed by atoms with E-state index in [1.165, 1.54) is 4.90 Å². The van der Waals surface area contributed by atoms with Crippen molar-refractivity contribution in [3.05, 3.63) is 51.4 Å². The van der Waals surface area contributed by atoms with Crippen molar-refractivity contribution in [3.8, 4) is 0 Å². The van der Waals surface area contributed by atoms with Gasteiger partial charge in [-0.25, -0.2) is 4.98 Å². The number of thiocarbonyl (C=S) groups is 1. The highest BCUT2D eigenvalue weighted by Gasteiger charge is 2.33. The van der Waals surface area contributed by atoms with Crippen LogP contribution in [0.3, 0.4) is 0 Å². The van der Waals surface area contributed by atoms with Crippen LogP contribution in [0.2, 0.25) is 0 Å². The lowest BCUT2D eigenvalue weighted by Gasteiger charge is -2.13. The molecule has 2 N–H and O–H groups in total. The summed E-state index contributed by atoms with van der Waals surface area (Å²) in [5.74, 6) is -1.78. The Hall–Kier alpha value is -2.56. The largest absolute Gasteiger partial charge is 0.481 e. The van der Waals surface area contributed by atoms with Crippen LogP contribution < -0.4 is 5.32 Å². The maximum Gasteiger partial charge on any atom is 0.309 e. The zero-order valence-corrected chi connectivity index (χ0v) is 17.1. The van der Waals surface area contributed by atoms with Gasteiger partial charge in [-0.15, -0.1) is 11.3 Å². The van der Waals surface area contributed by atoms with Gasteiger partial charge in [-0.1, -0.05) is 53.8 Å². The van der Waals surface area contributed by atoms with Crippen molar-refractivity contribution < 1.29 is 19.5 Å². The fraction of sp³-hybridized carbons (Fsp3) is 0.167. The zero-order chi connectivity index (χ0) is 20.3. The number of thiazole rings is 1. The molecule has 1 aromatic carbocycles. The van der Waals surface area contributed by atoms with E-state index < -0.39 is 11.9 Å². The Morgan fingerprint density at radius 3 is 2.89 bits per heavy atom. The number of rotatable bonds is 6. The average Bonchev–Trinajstić information content (AvgIpc) is 3.14. The molecule has 2 heterocycles. The lowest BCUT2D eigenvalue weighted by atomic mass is 10.1. The van der Waals surface area contributed by atoms with E-state index in [2.05, 4.69) is 10.3 Å². The van der Waals surface area contributed by atoms with Gasteiger partial charge in [-0.2, -0.15) is 0 Å². The molecule has 2 aromatic rings. The van der Waals surface area contributed by atoms with Crippen LogP contribution in [0.5, 0.6) is 0 Å². The fourth-order valence-electron chi connectivity index (χ4n) is 2.45. The van der Waals surface area contributed by atoms with E-state index in [-0.39, 0.29) is 24.0 Å². The Balaban J connectivity index is 1.64. The topological polar surface area (TPSA) is 99.6 Å². The number of carbonyl (C=O) groups is 3. The van der Waals surface area contributed by atoms with Crippen molar-refractivity contribution in [3.63, 3.8) is 0 Å². The van der Waals surface area contributed by atoms with Gasteiger partial charge in [0.1, 0.15) is 10.9 Å². The van der Waals surface area contributed by atoms with Gasteiger partial charge >= 0.3 is 5.97 Å². The first-order chi connectivity index (χ1) is 13.3. The second-order valence-electron chi connectivity index (χ2n) is 5.94. The molecule has 0 aliphatic carbocycles. The van der Waals surface area contributed by atoms with E-state index in [4.69, 9.17) is 17.3 Å². The number of hydrogen-bond acceptors (Lipinski definition) is 7. The lowest BCUT2D eigenvalue weighted by Crippen LogP contribution is -2.36. The SMILES string of the molecule is Cc1cccc(/C=C2\SC(=S)N(CC(=O)Nc3nc(CC(=O)O)cs3)C2=O)c1. The summed E-state index contributed by atoms with van der Waals surface area (Å²) in [6, 6.07) is 7.72. The molecule has 1 aliphatic heterocycles. The minimum atomic E-state index is -0.999. The van der Waals surface area contributed by atoms with Crippen LogP contribution in [0.25, 0.3) is 6.08 Å². The quantitative estimate of drug-likeness (QED) is 0.534. The van der Waals surface area contributed by atoms with Crippen molar-refractivity contribution in [2.45, 2.75) is 13.3 Å². The number of amides is 2. The Morgan fingerprint density at radius 2 is 2.18 bits per heavy atom. The van der Waals surface area contributed by atoms with Gasteiger partial charge < -0.3 is 10.4 Å². The molecule has 0 spiro atoms. The van der Waals surface area contributed by atoms with E-state index in [1.54, 1.807) is 11.5 Å². The number of carboxylic acid groups (broad SMARTS) is 1. The summed E-state index contributed by atoms with van der Waals surface area (Å²) in [6.45, 7) is 1.73. The smallest absolute Gasteiger partial charge is 0.309 e. The van der Waals surface area contributed by atoms with Gasteiger partial charge in [0.25, 0.3) is 5.91 Å². The number of nitrogens with one attached hydrogen (secondary N) is 1. The molecule has 1 fully saturated rings. The van der Waals surface area contributed by atoms with E-state index >= 15 is 0 Å². The molecular weight excluding hydrogens is 418 g/mol. The second kappa shape index (κ2) is 8.63. The van der Waals surface area contributed by atoms with Crippen LogP contribution in [0.15, 0.2) is 34.6 Å². The summed E-state index contributed by atoms with van der Waals surface area (Å²) in [4.78, 5) is 41.3. The third-order valence-electron chi connectivity index (χ3n) is 3.65. The Morgan fingerprint density at radius 1 is 1.39 bits per heavy atom. The number of aliphatic carboxylic acids is 1. The van der Waals surface area contributed by atoms with Crippen LogP contribution in [-0.4, -0.2) is 43.6 Å². The van der Waals surface area contributed by atoms with Gasteiger partial charge in [-0.3, -0.25) is 19.3 Å². The molecule has 3 rings (SSSR count). The van der Waals surface area contributed by atoms with Crippen LogP contribution in [0.4, 0.5) is 5.13 Å². The standard InChI is InChI=1S/C18H15N3O4S3/c1-10-3-2-4-11(5-10)6-13-16(25)21(18(26)28-13)8-14(22)20-17-19-12(9-27-17)7-15(23)24/h2-6,9H,7-8H2,1H3,(H,23,24)(H,19,20,22)/b13-6-. The van der Waals surface area contributed by atoms with E-state index in [9.17, 15) is 14.4 Å². The van der Waals surface area contributed by atoms with Crippen LogP contribution in [0.1, 0.15) is 16.8 Å². The summed E-state index contributed by atoms with van der Waals surface area (Å²) in [6.07, 6.45) is 1.54. The molecule has 1 saturated heterocycles. The minimum absolute atomic E-state index is 0.217. The van der Waals surface area contributed by atoms with Crippen molar-refractivity contribution >= 4 is 68.6 Å². The van der Waals surface area contributed by atoms with Crippen molar-refractivity contribution in [2.75, 3.05) is 11.9 Å². The number of aryl methyl sites for hydroxylation is 1. The summed E-state index contributed by atoms with van der Waals surface area (Å²) in [5.41, 5.74) is 2.33. The first kappa shape index (κ1) is 20.2. The predicted molar refractivity (Wildman–Crippen MR) is 113 cm³/mol. The monoisotopic (exact) mass is 433 g/mol. The number of hydrogen-bond donors (Lipinski definition) is 2. The summed E-state index contributed by atoms with van der Waals surface area (Å²) < 4.78 is 0.310. The van der Waals surface area contributed by atoms with E-state index in [0.29, 0.717) is 14.9 Å². The van der Waals surface area contributed by atoms with Crippen molar-refractivity contribution in [1.29, 1.82) is 0 Å². The van der Waals surface area contributed by atoms with E-state index in [0.717, 1.165) is 34.2 Å². The highest BCUT2D eigenvalue weighted by atomic mass is 32.2. The molecule has 2 amide bonds. The summed E-state index contributed by atoms with van der Waals surface area (Å²) in [7, 11) is 0. The number of benzene rings is 1. The highest BCUT2D eigenvalue weighted by Crippen LogP contribution is 2.32. The first-order valence-corrected chi connectivity index (χ1v) is 10.2. The number of carboxylic acids is 1. The number of anilines is 1. The molecule has 28 heavy (non-hydrogen) atoms. The third-order valence-corrected chi connectivity index (χ3v) is 5.83. The molecular formula is C18H15N3O4S3. The highest BCUT2D eigenvalue weighted by molar-refractivity contribution is 8.26. The van der Waals surface area contributed by atoms with Gasteiger partial charge in [0, 0.05) is 5.38 Å². The van der Waals surface area contributed by atoms with Crippen LogP contribution in [-0.2, 0) is 20.8 Å². The molecule has 1 aliphatic rings. The van der Waals surface area contributed by atoms with Crippen LogP contribution >= 0.6 is 35.3 Å². The molecule has 144 valence electrons. The molecule has 1 aromatic heterocycles. The first-order valence-electron chi connectivity index (χ1n) is 8.10. The number of aromatic nitrogens is 1. The lowest BCUT2D eigenvalue weighted by molar-refractivity contribution is -0.136. The molecule has 0 radical (unpaired) electrons. The van der Waals surface area contributed by atoms with Gasteiger partial charge in [0.2, 0.25) is 5.91 Å². The maximum absolute atomic E-state index is 12.6. The molecule has 0 bridgehead atoms. The van der Waals surface area contributed by atoms with E-state index in [1.807, 2.05) is 31.2 Å². The molecule has 0 unspecified atom stereocenters. The average molecular weight is 434 g/mol. The molecule has 0 atom stereocenters. The Bertz CT molecular complexity index is 999. The Kier molecular flexibility index (Phi) is 6.22. The maximum atomic E-state index is 12.6. The predicted octanol–water partition coefficient (Wildman–Crippen LogP) is 2.92.